The van der Waals surface area contributed by atoms with E-state index >= 15 is 4.39 Å². The van der Waals surface area contributed by atoms with E-state index in [2.05, 4.69) is 10.4 Å². The predicted octanol–water partition coefficient (Wildman–Crippen LogP) is 3.71. The van der Waals surface area contributed by atoms with Crippen LogP contribution in [0, 0.1) is 18.6 Å². The zero-order valence-electron chi connectivity index (χ0n) is 18.8. The first kappa shape index (κ1) is 25.9. The molecule has 0 fully saturated rings. The SMILES string of the molecule is CCn1c(CO)nn(-c2cc(O[C@@H](C)C(F)(F)F)c(C(=O)Nc3c(C)cccc3F)cc2F)c1=O. The van der Waals surface area contributed by atoms with E-state index in [0.717, 1.165) is 16.7 Å². The fourth-order valence-corrected chi connectivity index (χ4v) is 3.24. The van der Waals surface area contributed by atoms with Gasteiger partial charge in [-0.05, 0) is 38.5 Å². The number of carbonyl (C=O) groups is 1. The number of ether oxygens (including phenoxy) is 1. The highest BCUT2D eigenvalue weighted by Gasteiger charge is 2.39. The van der Waals surface area contributed by atoms with Crippen LogP contribution >= 0.6 is 0 Å². The number of hydrogen-bond donors (Lipinski definition) is 2. The highest BCUT2D eigenvalue weighted by Crippen LogP contribution is 2.31. The van der Waals surface area contributed by atoms with E-state index in [-0.39, 0.29) is 18.1 Å². The summed E-state index contributed by atoms with van der Waals surface area (Å²) in [6.45, 7) is 3.15. The summed E-state index contributed by atoms with van der Waals surface area (Å²) >= 11 is 0. The Kier molecular flexibility index (Phi) is 7.29. The maximum Gasteiger partial charge on any atom is 0.425 e. The van der Waals surface area contributed by atoms with Crippen molar-refractivity contribution in [3.63, 3.8) is 0 Å². The van der Waals surface area contributed by atoms with Crippen LogP contribution < -0.4 is 15.7 Å². The van der Waals surface area contributed by atoms with Gasteiger partial charge in [-0.2, -0.15) is 17.9 Å². The Hall–Kier alpha value is -3.74. The largest absolute Gasteiger partial charge is 0.480 e. The molecule has 1 atom stereocenters. The number of halogens is 5. The molecule has 0 aliphatic carbocycles. The monoisotopic (exact) mass is 500 g/mol. The molecule has 1 aromatic heterocycles. The van der Waals surface area contributed by atoms with Crippen molar-refractivity contribution in [1.29, 1.82) is 0 Å². The van der Waals surface area contributed by atoms with Crippen molar-refractivity contribution < 1.29 is 36.6 Å². The van der Waals surface area contributed by atoms with E-state index in [1.807, 2.05) is 0 Å². The number of hydrogen-bond acceptors (Lipinski definition) is 5. The number of benzene rings is 2. The predicted molar refractivity (Wildman–Crippen MR) is 115 cm³/mol. The summed E-state index contributed by atoms with van der Waals surface area (Å²) in [5.41, 5.74) is -2.09. The fourth-order valence-electron chi connectivity index (χ4n) is 3.24. The Bertz CT molecular complexity index is 1300. The lowest BCUT2D eigenvalue weighted by Crippen LogP contribution is -2.32. The van der Waals surface area contributed by atoms with Gasteiger partial charge < -0.3 is 15.2 Å². The van der Waals surface area contributed by atoms with E-state index in [0.29, 0.717) is 23.2 Å². The minimum absolute atomic E-state index is 0.0767. The molecule has 0 spiro atoms. The molecule has 0 radical (unpaired) electrons. The molecule has 1 amide bonds. The molecular weight excluding hydrogens is 479 g/mol. The second kappa shape index (κ2) is 9.86. The summed E-state index contributed by atoms with van der Waals surface area (Å²) < 4.78 is 75.3. The number of aliphatic hydroxyl groups is 1. The molecule has 0 bridgehead atoms. The van der Waals surface area contributed by atoms with Crippen molar-refractivity contribution >= 4 is 11.6 Å². The first-order valence-corrected chi connectivity index (χ1v) is 10.3. The molecule has 0 aliphatic heterocycles. The molecule has 0 aliphatic rings. The minimum atomic E-state index is -4.84. The van der Waals surface area contributed by atoms with E-state index in [1.165, 1.54) is 19.1 Å². The number of rotatable bonds is 7. The third-order valence-electron chi connectivity index (χ3n) is 5.14. The molecule has 0 saturated carbocycles. The number of aliphatic hydroxyl groups excluding tert-OH is 1. The average molecular weight is 500 g/mol. The van der Waals surface area contributed by atoms with Crippen LogP contribution in [0.4, 0.5) is 27.6 Å². The summed E-state index contributed by atoms with van der Waals surface area (Å²) in [5.74, 6) is -3.98. The highest BCUT2D eigenvalue weighted by molar-refractivity contribution is 6.06. The summed E-state index contributed by atoms with van der Waals surface area (Å²) in [4.78, 5) is 25.5. The number of aromatic nitrogens is 3. The van der Waals surface area contributed by atoms with Crippen molar-refractivity contribution in [2.75, 3.05) is 5.32 Å². The Morgan fingerprint density at radius 2 is 1.91 bits per heavy atom. The number of carbonyl (C=O) groups excluding carboxylic acids is 1. The van der Waals surface area contributed by atoms with Gasteiger partial charge in [-0.3, -0.25) is 9.36 Å². The maximum atomic E-state index is 15.1. The summed E-state index contributed by atoms with van der Waals surface area (Å²) in [5, 5.41) is 15.4. The fraction of sp³-hybridized carbons (Fsp3) is 0.318. The lowest BCUT2D eigenvalue weighted by molar-refractivity contribution is -0.189. The van der Waals surface area contributed by atoms with Crippen LogP contribution in [-0.2, 0) is 13.2 Å². The van der Waals surface area contributed by atoms with Gasteiger partial charge in [-0.1, -0.05) is 12.1 Å². The van der Waals surface area contributed by atoms with Crippen LogP contribution in [0.5, 0.6) is 5.75 Å². The van der Waals surface area contributed by atoms with Gasteiger partial charge in [0.15, 0.2) is 11.9 Å². The highest BCUT2D eigenvalue weighted by atomic mass is 19.4. The van der Waals surface area contributed by atoms with Crippen molar-refractivity contribution in [1.82, 2.24) is 14.3 Å². The third kappa shape index (κ3) is 5.19. The van der Waals surface area contributed by atoms with Gasteiger partial charge in [-0.15, -0.1) is 5.10 Å². The number of anilines is 1. The van der Waals surface area contributed by atoms with Crippen LogP contribution in [0.15, 0.2) is 35.1 Å². The van der Waals surface area contributed by atoms with Crippen LogP contribution in [0.25, 0.3) is 5.69 Å². The molecule has 13 heteroatoms. The lowest BCUT2D eigenvalue weighted by atomic mass is 10.1. The third-order valence-corrected chi connectivity index (χ3v) is 5.14. The molecule has 188 valence electrons. The van der Waals surface area contributed by atoms with Gasteiger partial charge >= 0.3 is 11.9 Å². The topological polar surface area (TPSA) is 98.4 Å². The number of aryl methyl sites for hydroxylation is 1. The Morgan fingerprint density at radius 3 is 2.46 bits per heavy atom. The second-order valence-corrected chi connectivity index (χ2v) is 7.50. The summed E-state index contributed by atoms with van der Waals surface area (Å²) in [6, 6.07) is 5.22. The van der Waals surface area contributed by atoms with Crippen molar-refractivity contribution in [3.8, 4) is 11.4 Å². The van der Waals surface area contributed by atoms with E-state index in [1.54, 1.807) is 6.92 Å². The van der Waals surface area contributed by atoms with Gasteiger partial charge in [0, 0.05) is 12.6 Å². The van der Waals surface area contributed by atoms with Crippen LogP contribution in [-0.4, -0.2) is 37.6 Å². The average Bonchev–Trinajstić information content (AvgIpc) is 3.11. The van der Waals surface area contributed by atoms with Crippen molar-refractivity contribution in [3.05, 3.63) is 69.4 Å². The summed E-state index contributed by atoms with van der Waals surface area (Å²) in [7, 11) is 0. The second-order valence-electron chi connectivity index (χ2n) is 7.50. The maximum absolute atomic E-state index is 15.1. The molecule has 1 heterocycles. The molecule has 3 aromatic rings. The smallest absolute Gasteiger partial charge is 0.425 e. The molecule has 2 N–H and O–H groups in total. The number of alkyl halides is 3. The standard InChI is InChI=1S/C22H21F5N4O4/c1-4-30-18(10-32)29-31(21(30)34)16-9-17(35-12(3)22(25,26)27)13(8-15(16)24)20(33)28-19-11(2)6-5-7-14(19)23/h5-9,12,32H,4,10H2,1-3H3,(H,28,33)/t12-/m0/s1. The Balaban J connectivity index is 2.16. The zero-order valence-corrected chi connectivity index (χ0v) is 18.8. The first-order valence-electron chi connectivity index (χ1n) is 10.3. The Labute approximate surface area is 195 Å². The van der Waals surface area contributed by atoms with Crippen LogP contribution in [0.3, 0.4) is 0 Å². The zero-order chi connectivity index (χ0) is 26.1. The van der Waals surface area contributed by atoms with Gasteiger partial charge in [0.1, 0.15) is 29.7 Å². The molecule has 0 saturated heterocycles. The molecule has 2 aromatic carbocycles. The van der Waals surface area contributed by atoms with E-state index in [9.17, 15) is 32.3 Å². The van der Waals surface area contributed by atoms with Gasteiger partial charge in [0.2, 0.25) is 0 Å². The number of nitrogens with one attached hydrogen (secondary N) is 1. The molecular formula is C22H21F5N4O4. The normalized spacial score (nSPS) is 12.5. The van der Waals surface area contributed by atoms with Crippen molar-refractivity contribution in [2.24, 2.45) is 0 Å². The molecule has 0 unspecified atom stereocenters. The quantitative estimate of drug-likeness (QED) is 0.482. The van der Waals surface area contributed by atoms with Crippen molar-refractivity contribution in [2.45, 2.75) is 46.2 Å². The van der Waals surface area contributed by atoms with Crippen LogP contribution in [0.1, 0.15) is 35.6 Å². The van der Waals surface area contributed by atoms with E-state index in [4.69, 9.17) is 4.74 Å². The van der Waals surface area contributed by atoms with Crippen LogP contribution in [0.2, 0.25) is 0 Å². The number of para-hydroxylation sites is 1. The molecule has 8 nitrogen and oxygen atoms in total. The minimum Gasteiger partial charge on any atom is -0.480 e. The number of amides is 1. The van der Waals surface area contributed by atoms with Gasteiger partial charge in [0.25, 0.3) is 5.91 Å². The molecule has 35 heavy (non-hydrogen) atoms. The Morgan fingerprint density at radius 1 is 1.23 bits per heavy atom. The number of nitrogens with zero attached hydrogens (tertiary/aromatic N) is 3. The summed E-state index contributed by atoms with van der Waals surface area (Å²) in [6.07, 6.45) is -7.25. The van der Waals surface area contributed by atoms with Gasteiger partial charge in [-0.25, -0.2) is 13.6 Å². The first-order chi connectivity index (χ1) is 16.4. The van der Waals surface area contributed by atoms with E-state index < -0.39 is 59.1 Å². The van der Waals surface area contributed by atoms with Gasteiger partial charge in [0.05, 0.1) is 11.3 Å². The lowest BCUT2D eigenvalue weighted by Gasteiger charge is -2.20. The molecule has 3 rings (SSSR count).